The van der Waals surface area contributed by atoms with Crippen molar-refractivity contribution >= 4 is 13.8 Å². The molecule has 45 heavy (non-hydrogen) atoms. The van der Waals surface area contributed by atoms with Gasteiger partial charge in [0.15, 0.2) is 0 Å². The number of unbranched alkanes of at least 4 members (excludes halogenated alkanes) is 21. The summed E-state index contributed by atoms with van der Waals surface area (Å²) in [4.78, 5) is 22.7. The van der Waals surface area contributed by atoms with Gasteiger partial charge in [0.2, 0.25) is 0 Å². The summed E-state index contributed by atoms with van der Waals surface area (Å²) in [5.41, 5.74) is 0. The van der Waals surface area contributed by atoms with Gasteiger partial charge in [0.25, 0.3) is 0 Å². The molecule has 2 atom stereocenters. The van der Waals surface area contributed by atoms with E-state index in [1.807, 2.05) is 21.1 Å². The molecule has 0 fully saturated rings. The summed E-state index contributed by atoms with van der Waals surface area (Å²) in [5, 5.41) is 0. The summed E-state index contributed by atoms with van der Waals surface area (Å²) in [6.45, 7) is 5.60. The smallest absolute Gasteiger partial charge is 0.457 e. The van der Waals surface area contributed by atoms with Gasteiger partial charge in [-0.2, -0.15) is 0 Å². The third-order valence-electron chi connectivity index (χ3n) is 8.17. The van der Waals surface area contributed by atoms with Crippen LogP contribution in [0.15, 0.2) is 0 Å². The van der Waals surface area contributed by atoms with Crippen molar-refractivity contribution in [2.24, 2.45) is 0 Å². The van der Waals surface area contributed by atoms with Crippen molar-refractivity contribution in [3.63, 3.8) is 0 Å². The highest BCUT2D eigenvalue weighted by molar-refractivity contribution is 7.47. The molecule has 0 bridgehead atoms. The summed E-state index contributed by atoms with van der Waals surface area (Å²) in [5.74, 6) is -0.313. The average molecular weight is 665 g/mol. The Kier molecular flexibility index (Phi) is 30.5. The van der Waals surface area contributed by atoms with E-state index in [0.29, 0.717) is 24.1 Å². The van der Waals surface area contributed by atoms with Crippen LogP contribution < -0.4 is 0 Å². The Balaban J connectivity index is 4.12. The first kappa shape index (κ1) is 44.5. The zero-order valence-corrected chi connectivity index (χ0v) is 31.3. The maximum Gasteiger partial charge on any atom is 0.472 e. The Hall–Kier alpha value is -0.500. The van der Waals surface area contributed by atoms with Gasteiger partial charge in [0, 0.05) is 13.0 Å². The minimum Gasteiger partial charge on any atom is -0.457 e. The van der Waals surface area contributed by atoms with Crippen molar-refractivity contribution in [2.45, 2.75) is 174 Å². The Bertz CT molecular complexity index is 701. The van der Waals surface area contributed by atoms with E-state index < -0.39 is 13.9 Å². The second-order valence-electron chi connectivity index (χ2n) is 14.0. The Morgan fingerprint density at radius 2 is 1.02 bits per heavy atom. The van der Waals surface area contributed by atoms with E-state index in [0.717, 1.165) is 32.1 Å². The molecule has 8 nitrogen and oxygen atoms in total. The van der Waals surface area contributed by atoms with Crippen LogP contribution in [-0.4, -0.2) is 75.6 Å². The van der Waals surface area contributed by atoms with Crippen molar-refractivity contribution in [1.82, 2.24) is 0 Å². The first-order valence-corrected chi connectivity index (χ1v) is 20.3. The number of hydrogen-bond donors (Lipinski definition) is 1. The quantitative estimate of drug-likeness (QED) is 0.0312. The van der Waals surface area contributed by atoms with Gasteiger partial charge in [-0.1, -0.05) is 149 Å². The number of esters is 1. The molecule has 0 aromatic rings. The van der Waals surface area contributed by atoms with Gasteiger partial charge in [-0.25, -0.2) is 4.57 Å². The summed E-state index contributed by atoms with van der Waals surface area (Å²) >= 11 is 0. The summed E-state index contributed by atoms with van der Waals surface area (Å²) in [6.07, 6.45) is 28.6. The summed E-state index contributed by atoms with van der Waals surface area (Å²) < 4.78 is 34.6. The second-order valence-corrected chi connectivity index (χ2v) is 15.4. The molecule has 0 radical (unpaired) electrons. The highest BCUT2D eigenvalue weighted by atomic mass is 31.2. The molecule has 0 aromatic heterocycles. The summed E-state index contributed by atoms with van der Waals surface area (Å²) in [6, 6.07) is 0. The van der Waals surface area contributed by atoms with Gasteiger partial charge >= 0.3 is 13.8 Å². The molecular formula is C36H75NO7P+. The highest BCUT2D eigenvalue weighted by Crippen LogP contribution is 2.43. The maximum atomic E-state index is 12.6. The molecule has 1 N–H and O–H groups in total. The van der Waals surface area contributed by atoms with E-state index in [2.05, 4.69) is 13.8 Å². The van der Waals surface area contributed by atoms with E-state index in [-0.39, 0.29) is 25.8 Å². The fourth-order valence-corrected chi connectivity index (χ4v) is 5.94. The van der Waals surface area contributed by atoms with Crippen molar-refractivity contribution < 1.29 is 37.3 Å². The molecule has 0 aromatic carbocycles. The predicted molar refractivity (Wildman–Crippen MR) is 187 cm³/mol. The van der Waals surface area contributed by atoms with Crippen LogP contribution in [0.2, 0.25) is 0 Å². The fourth-order valence-electron chi connectivity index (χ4n) is 5.20. The van der Waals surface area contributed by atoms with Crippen LogP contribution in [0.3, 0.4) is 0 Å². The SMILES string of the molecule is CCCCCCCCCCCCCCCCCCCC(=O)OC(COCCCCCCCC)COP(=O)(O)OCC[N+](C)(C)C. The minimum absolute atomic E-state index is 0.0928. The zero-order valence-electron chi connectivity index (χ0n) is 30.4. The van der Waals surface area contributed by atoms with Crippen molar-refractivity contribution in [3.05, 3.63) is 0 Å². The van der Waals surface area contributed by atoms with Gasteiger partial charge < -0.3 is 18.9 Å². The van der Waals surface area contributed by atoms with Gasteiger partial charge in [0.1, 0.15) is 19.3 Å². The number of phosphoric ester groups is 1. The lowest BCUT2D eigenvalue weighted by atomic mass is 10.0. The average Bonchev–Trinajstić information content (AvgIpc) is 2.98. The highest BCUT2D eigenvalue weighted by Gasteiger charge is 2.26. The predicted octanol–water partition coefficient (Wildman–Crippen LogP) is 10.2. The largest absolute Gasteiger partial charge is 0.472 e. The molecule has 0 saturated heterocycles. The molecule has 270 valence electrons. The van der Waals surface area contributed by atoms with E-state index >= 15 is 0 Å². The number of hydrogen-bond acceptors (Lipinski definition) is 6. The molecule has 9 heteroatoms. The number of carbonyl (C=O) groups excluding carboxylic acids is 1. The number of ether oxygens (including phenoxy) is 2. The van der Waals surface area contributed by atoms with Crippen molar-refractivity contribution in [1.29, 1.82) is 0 Å². The molecule has 0 rings (SSSR count). The molecule has 0 saturated carbocycles. The van der Waals surface area contributed by atoms with Gasteiger partial charge in [-0.05, 0) is 12.8 Å². The lowest BCUT2D eigenvalue weighted by Crippen LogP contribution is -2.37. The maximum absolute atomic E-state index is 12.6. The third-order valence-corrected chi connectivity index (χ3v) is 9.15. The minimum atomic E-state index is -4.25. The van der Waals surface area contributed by atoms with E-state index in [9.17, 15) is 14.3 Å². The normalized spacial score (nSPS) is 14.0. The second kappa shape index (κ2) is 30.8. The van der Waals surface area contributed by atoms with E-state index in [1.54, 1.807) is 0 Å². The number of rotatable bonds is 35. The summed E-state index contributed by atoms with van der Waals surface area (Å²) in [7, 11) is 1.68. The zero-order chi connectivity index (χ0) is 33.5. The topological polar surface area (TPSA) is 91.3 Å². The molecular weight excluding hydrogens is 589 g/mol. The van der Waals surface area contributed by atoms with Crippen molar-refractivity contribution in [2.75, 3.05) is 54.1 Å². The first-order valence-electron chi connectivity index (χ1n) is 18.8. The van der Waals surface area contributed by atoms with Crippen LogP contribution in [0.25, 0.3) is 0 Å². The molecule has 0 aliphatic carbocycles. The Labute approximate surface area is 278 Å². The van der Waals surface area contributed by atoms with E-state index in [4.69, 9.17) is 18.5 Å². The van der Waals surface area contributed by atoms with Crippen LogP contribution in [0.1, 0.15) is 168 Å². The number of likely N-dealkylation sites (N-methyl/N-ethyl adjacent to an activating group) is 1. The number of phosphoric acid groups is 1. The molecule has 0 aliphatic rings. The third kappa shape index (κ3) is 34.6. The van der Waals surface area contributed by atoms with Crippen LogP contribution in [0.5, 0.6) is 0 Å². The number of carbonyl (C=O) groups is 1. The molecule has 0 spiro atoms. The van der Waals surface area contributed by atoms with Crippen LogP contribution in [0.4, 0.5) is 0 Å². The van der Waals surface area contributed by atoms with Crippen LogP contribution >= 0.6 is 7.82 Å². The number of nitrogens with zero attached hydrogens (tertiary/aromatic N) is 1. The Morgan fingerprint density at radius 3 is 1.47 bits per heavy atom. The molecule has 0 heterocycles. The Morgan fingerprint density at radius 1 is 0.600 bits per heavy atom. The van der Waals surface area contributed by atoms with Gasteiger partial charge in [-0.15, -0.1) is 0 Å². The van der Waals surface area contributed by atoms with Gasteiger partial charge in [-0.3, -0.25) is 13.8 Å². The first-order chi connectivity index (χ1) is 21.6. The van der Waals surface area contributed by atoms with Crippen LogP contribution in [0, 0.1) is 0 Å². The molecule has 0 aliphatic heterocycles. The van der Waals surface area contributed by atoms with Crippen molar-refractivity contribution in [3.8, 4) is 0 Å². The number of quaternary nitrogens is 1. The standard InChI is InChI=1S/C36H74NO7P/c1-6-8-10-12-14-15-16-17-18-19-20-21-22-23-24-25-27-29-36(38)44-35(33-41-31-28-26-13-11-9-7-2)34-43-45(39,40)42-32-30-37(3,4)5/h35H,6-34H2,1-5H3/p+1. The molecule has 2 unspecified atom stereocenters. The monoisotopic (exact) mass is 665 g/mol. The lowest BCUT2D eigenvalue weighted by Gasteiger charge is -2.24. The van der Waals surface area contributed by atoms with Crippen LogP contribution in [-0.2, 0) is 27.9 Å². The fraction of sp³-hybridized carbons (Fsp3) is 0.972. The molecule has 0 amide bonds. The lowest BCUT2D eigenvalue weighted by molar-refractivity contribution is -0.870. The van der Waals surface area contributed by atoms with E-state index in [1.165, 1.54) is 116 Å². The van der Waals surface area contributed by atoms with Gasteiger partial charge in [0.05, 0.1) is 34.4 Å².